The molecule has 2 atom stereocenters. The van der Waals surface area contributed by atoms with Crippen LogP contribution in [0.15, 0.2) is 0 Å². The van der Waals surface area contributed by atoms with Gasteiger partial charge in [-0.1, -0.05) is 13.8 Å². The molecule has 0 radical (unpaired) electrons. The zero-order valence-corrected chi connectivity index (χ0v) is 18.4. The van der Waals surface area contributed by atoms with E-state index in [1.54, 1.807) is 0 Å². The van der Waals surface area contributed by atoms with Crippen molar-refractivity contribution in [1.29, 1.82) is 0 Å². The van der Waals surface area contributed by atoms with Crippen LogP contribution in [0.3, 0.4) is 0 Å². The Balaban J connectivity index is 6.27. The lowest BCUT2D eigenvalue weighted by Crippen LogP contribution is -2.66. The van der Waals surface area contributed by atoms with E-state index in [-0.39, 0.29) is 0 Å². The second-order valence-electron chi connectivity index (χ2n) is 5.70. The highest BCUT2D eigenvalue weighted by atomic mass is 28.4. The Morgan fingerprint density at radius 2 is 0.704 bits per heavy atom. The Morgan fingerprint density at radius 3 is 0.852 bits per heavy atom. The standard InChI is InChI=1S/C13H26F6O6Si2/c1-9(26(20-3,21-4)22-5)11(14,15)13(18,19)12(16,17)10(2)27(23-6,24-7)25-8/h9-10H,1-8H3. The van der Waals surface area contributed by atoms with Gasteiger partial charge in [-0.25, -0.2) is 0 Å². The third-order valence-electron chi connectivity index (χ3n) is 4.69. The fraction of sp³-hybridized carbons (Fsp3) is 1.00. The van der Waals surface area contributed by atoms with Crippen LogP contribution in [0.25, 0.3) is 0 Å². The Labute approximate surface area is 156 Å². The topological polar surface area (TPSA) is 55.4 Å². The third-order valence-corrected chi connectivity index (χ3v) is 11.0. The second-order valence-corrected chi connectivity index (χ2v) is 12.3. The molecule has 0 aromatic rings. The quantitative estimate of drug-likeness (QED) is 0.337. The van der Waals surface area contributed by atoms with Gasteiger partial charge in [0.1, 0.15) is 0 Å². The molecule has 0 saturated heterocycles. The molecule has 0 bridgehead atoms. The number of hydrogen-bond acceptors (Lipinski definition) is 6. The number of hydrogen-bond donors (Lipinski definition) is 0. The van der Waals surface area contributed by atoms with E-state index >= 15 is 0 Å². The fourth-order valence-corrected chi connectivity index (χ4v) is 7.14. The highest BCUT2D eigenvalue weighted by molar-refractivity contribution is 6.63. The summed E-state index contributed by atoms with van der Waals surface area (Å²) < 4.78 is 116. The predicted molar refractivity (Wildman–Crippen MR) is 87.3 cm³/mol. The minimum absolute atomic E-state index is 0.602. The molecule has 0 aliphatic rings. The molecule has 0 aromatic carbocycles. The van der Waals surface area contributed by atoms with Gasteiger partial charge in [0.15, 0.2) is 0 Å². The number of halogens is 6. The van der Waals surface area contributed by atoms with Gasteiger partial charge in [0.05, 0.1) is 11.1 Å². The first kappa shape index (κ1) is 26.8. The molecule has 27 heavy (non-hydrogen) atoms. The molecular formula is C13H26F6O6Si2. The van der Waals surface area contributed by atoms with E-state index in [1.807, 2.05) is 0 Å². The average Bonchev–Trinajstić information content (AvgIpc) is 2.64. The van der Waals surface area contributed by atoms with E-state index < -0.39 is 46.5 Å². The third kappa shape index (κ3) is 4.08. The molecule has 0 rings (SSSR count). The number of alkyl halides is 6. The molecule has 6 nitrogen and oxygen atoms in total. The largest absolute Gasteiger partial charge is 0.509 e. The van der Waals surface area contributed by atoms with Crippen molar-refractivity contribution in [3.63, 3.8) is 0 Å². The van der Waals surface area contributed by atoms with E-state index in [0.29, 0.717) is 13.8 Å². The normalized spacial score (nSPS) is 17.1. The fourth-order valence-electron chi connectivity index (χ4n) is 2.77. The average molecular weight is 449 g/mol. The van der Waals surface area contributed by atoms with Gasteiger partial charge in [-0.05, 0) is 0 Å². The van der Waals surface area contributed by atoms with Gasteiger partial charge >= 0.3 is 35.4 Å². The Hall–Kier alpha value is -0.226. The first-order valence-electron chi connectivity index (χ1n) is 7.62. The maximum absolute atomic E-state index is 14.7. The first-order valence-corrected chi connectivity index (χ1v) is 11.2. The highest BCUT2D eigenvalue weighted by Gasteiger charge is 2.80. The number of rotatable bonds is 12. The molecule has 0 aliphatic heterocycles. The molecule has 0 aliphatic carbocycles. The van der Waals surface area contributed by atoms with E-state index in [1.165, 1.54) is 0 Å². The molecule has 0 saturated carbocycles. The Morgan fingerprint density at radius 1 is 0.519 bits per heavy atom. The van der Waals surface area contributed by atoms with Crippen LogP contribution in [0.1, 0.15) is 13.8 Å². The molecule has 2 unspecified atom stereocenters. The SMILES string of the molecule is CO[Si](OC)(OC)C(C)C(F)(F)C(F)(F)C(F)(F)C(C)[Si](OC)(OC)OC. The lowest BCUT2D eigenvalue weighted by Gasteiger charge is -2.43. The van der Waals surface area contributed by atoms with Crippen LogP contribution < -0.4 is 0 Å². The van der Waals surface area contributed by atoms with Crippen LogP contribution in [-0.4, -0.2) is 78.0 Å². The van der Waals surface area contributed by atoms with Gasteiger partial charge in [0, 0.05) is 42.7 Å². The predicted octanol–water partition coefficient (Wildman–Crippen LogP) is 3.43. The lowest BCUT2D eigenvalue weighted by atomic mass is 9.99. The summed E-state index contributed by atoms with van der Waals surface area (Å²) in [4.78, 5) is 0. The summed E-state index contributed by atoms with van der Waals surface area (Å²) in [6.45, 7) is 1.20. The summed E-state index contributed by atoms with van der Waals surface area (Å²) in [5, 5.41) is 0. The Bertz CT molecular complexity index is 420. The van der Waals surface area contributed by atoms with E-state index in [9.17, 15) is 26.3 Å². The molecule has 0 N–H and O–H groups in total. The summed E-state index contributed by atoms with van der Waals surface area (Å²) in [5.74, 6) is -16.4. The molecule has 14 heteroatoms. The summed E-state index contributed by atoms with van der Waals surface area (Å²) in [6.07, 6.45) is 0. The minimum Gasteiger partial charge on any atom is -0.377 e. The molecule has 0 heterocycles. The van der Waals surface area contributed by atoms with Crippen molar-refractivity contribution in [2.24, 2.45) is 0 Å². The minimum atomic E-state index is -5.83. The lowest BCUT2D eigenvalue weighted by molar-refractivity contribution is -0.315. The van der Waals surface area contributed by atoms with E-state index in [2.05, 4.69) is 0 Å². The molecule has 0 amide bonds. The van der Waals surface area contributed by atoms with Gasteiger partial charge in [-0.3, -0.25) is 0 Å². The van der Waals surface area contributed by atoms with Crippen molar-refractivity contribution in [2.75, 3.05) is 42.7 Å². The van der Waals surface area contributed by atoms with Gasteiger partial charge < -0.3 is 26.6 Å². The Kier molecular flexibility index (Phi) is 8.99. The summed E-state index contributed by atoms with van der Waals surface area (Å²) in [5.41, 5.74) is -5.00. The van der Waals surface area contributed by atoms with Crippen LogP contribution in [0.4, 0.5) is 26.3 Å². The van der Waals surface area contributed by atoms with Crippen molar-refractivity contribution in [2.45, 2.75) is 42.7 Å². The maximum atomic E-state index is 14.7. The van der Waals surface area contributed by atoms with Gasteiger partial charge in [-0.15, -0.1) is 0 Å². The summed E-state index contributed by atoms with van der Waals surface area (Å²) in [7, 11) is -3.36. The molecule has 0 aromatic heterocycles. The molecule has 0 spiro atoms. The maximum Gasteiger partial charge on any atom is 0.509 e. The van der Waals surface area contributed by atoms with Crippen LogP contribution in [-0.2, 0) is 26.6 Å². The van der Waals surface area contributed by atoms with Crippen molar-refractivity contribution >= 4 is 17.6 Å². The monoisotopic (exact) mass is 448 g/mol. The zero-order valence-electron chi connectivity index (χ0n) is 16.4. The van der Waals surface area contributed by atoms with Crippen molar-refractivity contribution in [3.05, 3.63) is 0 Å². The van der Waals surface area contributed by atoms with Crippen molar-refractivity contribution in [1.82, 2.24) is 0 Å². The van der Waals surface area contributed by atoms with Gasteiger partial charge in [-0.2, -0.15) is 26.3 Å². The highest BCUT2D eigenvalue weighted by Crippen LogP contribution is 2.58. The molecule has 0 fully saturated rings. The van der Waals surface area contributed by atoms with Crippen LogP contribution in [0, 0.1) is 0 Å². The second kappa shape index (κ2) is 9.06. The van der Waals surface area contributed by atoms with Gasteiger partial charge in [0.2, 0.25) is 0 Å². The summed E-state index contributed by atoms with van der Waals surface area (Å²) >= 11 is 0. The smallest absolute Gasteiger partial charge is 0.377 e. The first-order chi connectivity index (χ1) is 12.2. The van der Waals surface area contributed by atoms with Crippen LogP contribution in [0.5, 0.6) is 0 Å². The molecular weight excluding hydrogens is 422 g/mol. The van der Waals surface area contributed by atoms with Crippen molar-refractivity contribution in [3.8, 4) is 0 Å². The van der Waals surface area contributed by atoms with E-state index in [0.717, 1.165) is 42.7 Å². The van der Waals surface area contributed by atoms with Crippen LogP contribution in [0.2, 0.25) is 11.1 Å². The van der Waals surface area contributed by atoms with Gasteiger partial charge in [0.25, 0.3) is 0 Å². The van der Waals surface area contributed by atoms with Crippen molar-refractivity contribution < 1.29 is 52.9 Å². The van der Waals surface area contributed by atoms with E-state index in [4.69, 9.17) is 26.6 Å². The summed E-state index contributed by atoms with van der Waals surface area (Å²) in [6, 6.07) is 0. The van der Waals surface area contributed by atoms with Crippen LogP contribution >= 0.6 is 0 Å². The molecule has 164 valence electrons. The zero-order chi connectivity index (χ0) is 21.9.